The summed E-state index contributed by atoms with van der Waals surface area (Å²) in [6, 6.07) is 0. The molecule has 0 unspecified atom stereocenters. The van der Waals surface area contributed by atoms with Crippen LogP contribution in [0.1, 0.15) is 26.7 Å². The third-order valence-corrected chi connectivity index (χ3v) is 4.73. The molecule has 0 aromatic carbocycles. The summed E-state index contributed by atoms with van der Waals surface area (Å²) in [5.41, 5.74) is -0.723. The van der Waals surface area contributed by atoms with Gasteiger partial charge in [-0.3, -0.25) is 14.4 Å². The molecule has 0 aliphatic heterocycles. The Kier molecular flexibility index (Phi) is 5.80. The minimum Gasteiger partial charge on any atom is -0.468 e. The number of hydrogen-bond acceptors (Lipinski definition) is 6. The zero-order chi connectivity index (χ0) is 17.7. The lowest BCUT2D eigenvalue weighted by Gasteiger charge is -2.37. The Bertz CT molecular complexity index is 546. The molecule has 0 aromatic heterocycles. The predicted octanol–water partition coefficient (Wildman–Crippen LogP) is 2.04. The van der Waals surface area contributed by atoms with Crippen LogP contribution >= 0.6 is 0 Å². The van der Waals surface area contributed by atoms with Gasteiger partial charge in [-0.15, -0.1) is 0 Å². The van der Waals surface area contributed by atoms with Crippen molar-refractivity contribution in [1.29, 1.82) is 0 Å². The molecule has 0 N–H and O–H groups in total. The minimum atomic E-state index is -1.01. The van der Waals surface area contributed by atoms with Gasteiger partial charge < -0.3 is 14.2 Å². The maximum atomic E-state index is 12.3. The summed E-state index contributed by atoms with van der Waals surface area (Å²) in [6.07, 6.45) is 8.50. The van der Waals surface area contributed by atoms with Gasteiger partial charge in [-0.1, -0.05) is 24.3 Å². The highest BCUT2D eigenvalue weighted by atomic mass is 16.6. The Morgan fingerprint density at radius 1 is 1.12 bits per heavy atom. The average molecular weight is 336 g/mol. The molecule has 2 aliphatic carbocycles. The first-order valence-corrected chi connectivity index (χ1v) is 8.27. The van der Waals surface area contributed by atoms with Gasteiger partial charge in [0.25, 0.3) is 0 Å². The van der Waals surface area contributed by atoms with Crippen LogP contribution in [0.3, 0.4) is 0 Å². The largest absolute Gasteiger partial charge is 0.468 e. The van der Waals surface area contributed by atoms with Crippen molar-refractivity contribution in [1.82, 2.24) is 0 Å². The van der Waals surface area contributed by atoms with Crippen molar-refractivity contribution in [2.45, 2.75) is 26.7 Å². The molecule has 132 valence electrons. The number of esters is 3. The van der Waals surface area contributed by atoms with Gasteiger partial charge in [-0.25, -0.2) is 0 Å². The van der Waals surface area contributed by atoms with Crippen molar-refractivity contribution in [2.24, 2.45) is 23.2 Å². The molecule has 3 atom stereocenters. The van der Waals surface area contributed by atoms with Crippen molar-refractivity contribution in [3.63, 3.8) is 0 Å². The summed E-state index contributed by atoms with van der Waals surface area (Å²) in [5, 5.41) is 0. The zero-order valence-corrected chi connectivity index (χ0v) is 14.3. The summed E-state index contributed by atoms with van der Waals surface area (Å²) in [6.45, 7) is 3.78. The van der Waals surface area contributed by atoms with Crippen LogP contribution in [0.2, 0.25) is 0 Å². The monoisotopic (exact) mass is 336 g/mol. The van der Waals surface area contributed by atoms with E-state index in [0.29, 0.717) is 12.8 Å². The molecule has 0 heterocycles. The summed E-state index contributed by atoms with van der Waals surface area (Å²) in [4.78, 5) is 36.7. The first kappa shape index (κ1) is 18.2. The van der Waals surface area contributed by atoms with Crippen LogP contribution in [0.25, 0.3) is 0 Å². The third kappa shape index (κ3) is 3.23. The lowest BCUT2D eigenvalue weighted by Crippen LogP contribution is -2.42. The second kappa shape index (κ2) is 7.64. The minimum absolute atomic E-state index is 0.105. The van der Waals surface area contributed by atoms with E-state index in [0.717, 1.165) is 0 Å². The molecular weight excluding hydrogens is 312 g/mol. The number of fused-ring (bicyclic) bond motifs is 1. The fourth-order valence-corrected chi connectivity index (χ4v) is 3.55. The highest BCUT2D eigenvalue weighted by molar-refractivity contribution is 5.95. The number of carbonyl (C=O) groups is 3. The molecule has 6 nitrogen and oxygen atoms in total. The molecule has 24 heavy (non-hydrogen) atoms. The topological polar surface area (TPSA) is 78.9 Å². The molecule has 0 saturated carbocycles. The van der Waals surface area contributed by atoms with Crippen LogP contribution in [-0.4, -0.2) is 38.2 Å². The van der Waals surface area contributed by atoms with Crippen LogP contribution < -0.4 is 0 Å². The van der Waals surface area contributed by atoms with Gasteiger partial charge in [-0.2, -0.15) is 0 Å². The summed E-state index contributed by atoms with van der Waals surface area (Å²) >= 11 is 0. The van der Waals surface area contributed by atoms with E-state index in [-0.39, 0.29) is 31.0 Å². The lowest BCUT2D eigenvalue weighted by atomic mass is 9.66. The smallest absolute Gasteiger partial charge is 0.320 e. The first-order valence-electron chi connectivity index (χ1n) is 8.27. The molecule has 2 aliphatic rings. The van der Waals surface area contributed by atoms with Crippen molar-refractivity contribution in [3.05, 3.63) is 24.3 Å². The van der Waals surface area contributed by atoms with E-state index in [1.807, 2.05) is 12.2 Å². The van der Waals surface area contributed by atoms with Crippen molar-refractivity contribution < 1.29 is 28.6 Å². The number of carbonyl (C=O) groups excluding carboxylic acids is 3. The van der Waals surface area contributed by atoms with Crippen molar-refractivity contribution >= 4 is 17.9 Å². The number of ether oxygens (including phenoxy) is 3. The zero-order valence-electron chi connectivity index (χ0n) is 14.3. The number of methoxy groups -OCH3 is 1. The number of hydrogen-bond donors (Lipinski definition) is 0. The Labute approximate surface area is 141 Å². The van der Waals surface area contributed by atoms with E-state index in [4.69, 9.17) is 14.2 Å². The van der Waals surface area contributed by atoms with E-state index in [9.17, 15) is 14.4 Å². The Balaban J connectivity index is 2.28. The van der Waals surface area contributed by atoms with E-state index >= 15 is 0 Å². The van der Waals surface area contributed by atoms with E-state index in [2.05, 4.69) is 0 Å². The Hall–Kier alpha value is -2.11. The van der Waals surface area contributed by atoms with Gasteiger partial charge in [0.2, 0.25) is 0 Å². The van der Waals surface area contributed by atoms with Gasteiger partial charge in [0, 0.05) is 5.92 Å². The second-order valence-corrected chi connectivity index (χ2v) is 6.01. The van der Waals surface area contributed by atoms with Crippen molar-refractivity contribution in [2.75, 3.05) is 20.3 Å². The Morgan fingerprint density at radius 2 is 1.75 bits per heavy atom. The van der Waals surface area contributed by atoms with E-state index < -0.39 is 23.3 Å². The fraction of sp³-hybridized carbons (Fsp3) is 0.611. The van der Waals surface area contributed by atoms with Gasteiger partial charge in [-0.05, 0) is 32.6 Å². The summed E-state index contributed by atoms with van der Waals surface area (Å²) in [5.74, 6) is -2.95. The maximum absolute atomic E-state index is 12.3. The summed E-state index contributed by atoms with van der Waals surface area (Å²) < 4.78 is 15.0. The standard InChI is InChI=1S/C18H24O6/c1-4-23-15(19)14(16(20)24-5-2)12-8-10-18(17(21)22-3)9-6-7-13(18)11-12/h6-8,10,12-14H,4-5,9,11H2,1-3H3/t12-,13+,18+/m0/s1. The fourth-order valence-electron chi connectivity index (χ4n) is 3.55. The average Bonchev–Trinajstić information content (AvgIpc) is 2.99. The van der Waals surface area contributed by atoms with Crippen LogP contribution in [0.15, 0.2) is 24.3 Å². The van der Waals surface area contributed by atoms with Crippen LogP contribution in [-0.2, 0) is 28.6 Å². The quantitative estimate of drug-likeness (QED) is 0.320. The highest BCUT2D eigenvalue weighted by Crippen LogP contribution is 2.49. The van der Waals surface area contributed by atoms with Crippen molar-refractivity contribution in [3.8, 4) is 0 Å². The van der Waals surface area contributed by atoms with E-state index in [1.165, 1.54) is 7.11 Å². The molecular formula is C18H24O6. The second-order valence-electron chi connectivity index (χ2n) is 6.01. The molecule has 0 radical (unpaired) electrons. The molecule has 2 rings (SSSR count). The first-order chi connectivity index (χ1) is 11.5. The van der Waals surface area contributed by atoms with Crippen LogP contribution in [0.4, 0.5) is 0 Å². The van der Waals surface area contributed by atoms with Gasteiger partial charge >= 0.3 is 17.9 Å². The number of allylic oxidation sites excluding steroid dienone is 3. The van der Waals surface area contributed by atoms with Gasteiger partial charge in [0.1, 0.15) is 0 Å². The SMILES string of the molecule is CCOC(=O)C(C(=O)OCC)[C@H]1C=C[C@]2(C(=O)OC)CC=C[C@@H]2C1. The van der Waals surface area contributed by atoms with Gasteiger partial charge in [0.05, 0.1) is 25.7 Å². The normalized spacial score (nSPS) is 27.7. The molecule has 0 aromatic rings. The lowest BCUT2D eigenvalue weighted by molar-refractivity contribution is -0.164. The molecule has 0 bridgehead atoms. The molecule has 0 amide bonds. The van der Waals surface area contributed by atoms with E-state index in [1.54, 1.807) is 26.0 Å². The van der Waals surface area contributed by atoms with Gasteiger partial charge in [0.15, 0.2) is 5.92 Å². The predicted molar refractivity (Wildman–Crippen MR) is 85.7 cm³/mol. The molecule has 0 fully saturated rings. The van der Waals surface area contributed by atoms with Crippen LogP contribution in [0.5, 0.6) is 0 Å². The molecule has 6 heteroatoms. The summed E-state index contributed by atoms with van der Waals surface area (Å²) in [7, 11) is 1.37. The van der Waals surface area contributed by atoms with Crippen LogP contribution in [0, 0.1) is 23.2 Å². The third-order valence-electron chi connectivity index (χ3n) is 4.73. The highest BCUT2D eigenvalue weighted by Gasteiger charge is 2.50. The molecule has 0 saturated heterocycles. The number of rotatable bonds is 6. The molecule has 0 spiro atoms. The Morgan fingerprint density at radius 3 is 2.29 bits per heavy atom. The maximum Gasteiger partial charge on any atom is 0.320 e.